The van der Waals surface area contributed by atoms with Crippen molar-refractivity contribution < 1.29 is 18.3 Å². The molecule has 90 valence electrons. The van der Waals surface area contributed by atoms with Crippen molar-refractivity contribution in [3.8, 4) is 0 Å². The number of carbonyl (C=O) groups is 1. The molecular formula is C8H18N2O4S. The smallest absolute Gasteiger partial charge is 0.339 e. The molecular weight excluding hydrogens is 220 g/mol. The number of nitrogens with one attached hydrogen (secondary N) is 1. The van der Waals surface area contributed by atoms with Crippen LogP contribution in [0.1, 0.15) is 33.1 Å². The number of rotatable bonds is 7. The lowest BCUT2D eigenvalue weighted by molar-refractivity contribution is -0.144. The maximum absolute atomic E-state index is 11.4. The van der Waals surface area contributed by atoms with Gasteiger partial charge >= 0.3 is 5.97 Å². The minimum absolute atomic E-state index is 0.00626. The van der Waals surface area contributed by atoms with Crippen LogP contribution in [-0.2, 0) is 14.8 Å². The fourth-order valence-corrected chi connectivity index (χ4v) is 2.49. The molecule has 0 rings (SSSR count). The Morgan fingerprint density at radius 3 is 2.33 bits per heavy atom. The van der Waals surface area contributed by atoms with E-state index < -0.39 is 21.7 Å². The van der Waals surface area contributed by atoms with Gasteiger partial charge in [-0.25, -0.2) is 13.2 Å². The van der Waals surface area contributed by atoms with Crippen LogP contribution in [0.3, 0.4) is 0 Å². The molecule has 4 N–H and O–H groups in total. The number of nitrogens with two attached hydrogens (primary N) is 1. The predicted octanol–water partition coefficient (Wildman–Crippen LogP) is -0.144. The molecule has 0 aromatic heterocycles. The zero-order chi connectivity index (χ0) is 12.1. The van der Waals surface area contributed by atoms with Crippen LogP contribution in [0.4, 0.5) is 0 Å². The number of unbranched alkanes of at least 4 members (excludes halogenated alkanes) is 1. The number of aliphatic carboxylic acids is 1. The molecule has 0 bridgehead atoms. The van der Waals surface area contributed by atoms with Crippen molar-refractivity contribution in [2.75, 3.05) is 5.75 Å². The van der Waals surface area contributed by atoms with E-state index in [4.69, 9.17) is 10.8 Å². The molecule has 0 aliphatic rings. The Balaban J connectivity index is 4.62. The van der Waals surface area contributed by atoms with Gasteiger partial charge in [0, 0.05) is 0 Å². The highest BCUT2D eigenvalue weighted by Crippen LogP contribution is 2.06. The van der Waals surface area contributed by atoms with E-state index in [2.05, 4.69) is 0 Å². The minimum atomic E-state index is -3.61. The van der Waals surface area contributed by atoms with Gasteiger partial charge in [0.25, 0.3) is 0 Å². The first-order valence-corrected chi connectivity index (χ1v) is 6.46. The molecule has 0 radical (unpaired) electrons. The molecule has 0 amide bonds. The van der Waals surface area contributed by atoms with Gasteiger partial charge < -0.3 is 10.8 Å². The number of carboxylic acid groups (broad SMARTS) is 1. The van der Waals surface area contributed by atoms with Crippen molar-refractivity contribution in [1.29, 1.82) is 0 Å². The summed E-state index contributed by atoms with van der Waals surface area (Å²) in [5, 5.41) is 8.77. The summed E-state index contributed by atoms with van der Waals surface area (Å²) in [5.74, 6) is -1.47. The van der Waals surface area contributed by atoms with Gasteiger partial charge in [0.15, 0.2) is 5.66 Å². The predicted molar refractivity (Wildman–Crippen MR) is 56.7 cm³/mol. The van der Waals surface area contributed by atoms with Gasteiger partial charge in [-0.1, -0.05) is 20.3 Å². The van der Waals surface area contributed by atoms with Crippen LogP contribution < -0.4 is 10.5 Å². The third-order valence-corrected chi connectivity index (χ3v) is 3.54. The second-order valence-electron chi connectivity index (χ2n) is 3.40. The Morgan fingerprint density at radius 2 is 2.00 bits per heavy atom. The Bertz CT molecular complexity index is 315. The lowest BCUT2D eigenvalue weighted by Gasteiger charge is -2.23. The van der Waals surface area contributed by atoms with E-state index >= 15 is 0 Å². The summed E-state index contributed by atoms with van der Waals surface area (Å²) in [4.78, 5) is 10.8. The third kappa shape index (κ3) is 4.59. The summed E-state index contributed by atoms with van der Waals surface area (Å²) < 4.78 is 24.8. The SMILES string of the molecule is CCCCS(=O)(=O)NC(N)(CC)C(=O)O. The first kappa shape index (κ1) is 14.3. The normalized spacial score (nSPS) is 15.9. The van der Waals surface area contributed by atoms with E-state index in [0.717, 1.165) is 6.42 Å². The highest BCUT2D eigenvalue weighted by atomic mass is 32.2. The topological polar surface area (TPSA) is 109 Å². The van der Waals surface area contributed by atoms with Gasteiger partial charge in [0.1, 0.15) is 0 Å². The van der Waals surface area contributed by atoms with Crippen molar-refractivity contribution >= 4 is 16.0 Å². The molecule has 7 heteroatoms. The van der Waals surface area contributed by atoms with Crippen LogP contribution in [0, 0.1) is 0 Å². The van der Waals surface area contributed by atoms with E-state index in [1.54, 1.807) is 0 Å². The number of hydrogen-bond acceptors (Lipinski definition) is 4. The van der Waals surface area contributed by atoms with Crippen LogP contribution in [0.5, 0.6) is 0 Å². The zero-order valence-corrected chi connectivity index (χ0v) is 9.80. The Kier molecular flexibility index (Phi) is 5.19. The summed E-state index contributed by atoms with van der Waals surface area (Å²) in [5.41, 5.74) is 3.51. The second kappa shape index (κ2) is 5.43. The fraction of sp³-hybridized carbons (Fsp3) is 0.875. The van der Waals surface area contributed by atoms with Crippen molar-refractivity contribution in [3.05, 3.63) is 0 Å². The number of hydrogen-bond donors (Lipinski definition) is 3. The van der Waals surface area contributed by atoms with Gasteiger partial charge in [0.05, 0.1) is 5.75 Å². The molecule has 15 heavy (non-hydrogen) atoms. The molecule has 0 aliphatic heterocycles. The molecule has 0 spiro atoms. The lowest BCUT2D eigenvalue weighted by atomic mass is 10.1. The summed E-state index contributed by atoms with van der Waals surface area (Å²) in [6.07, 6.45) is 1.19. The molecule has 0 saturated heterocycles. The molecule has 6 nitrogen and oxygen atoms in total. The summed E-state index contributed by atoms with van der Waals surface area (Å²) >= 11 is 0. The maximum atomic E-state index is 11.4. The Morgan fingerprint density at radius 1 is 1.47 bits per heavy atom. The van der Waals surface area contributed by atoms with Crippen molar-refractivity contribution in [1.82, 2.24) is 4.72 Å². The average Bonchev–Trinajstić information content (AvgIpc) is 2.13. The molecule has 0 heterocycles. The Labute approximate surface area is 89.9 Å². The van der Waals surface area contributed by atoms with Crippen LogP contribution in [0.2, 0.25) is 0 Å². The molecule has 0 aliphatic carbocycles. The standard InChI is InChI=1S/C8H18N2O4S/c1-3-5-6-15(13,14)10-8(9,4-2)7(11)12/h10H,3-6,9H2,1-2H3,(H,11,12). The largest absolute Gasteiger partial charge is 0.479 e. The van der Waals surface area contributed by atoms with Gasteiger partial charge in [-0.3, -0.25) is 0 Å². The molecule has 0 aromatic rings. The van der Waals surface area contributed by atoms with Crippen molar-refractivity contribution in [2.24, 2.45) is 5.73 Å². The molecule has 0 aromatic carbocycles. The van der Waals surface area contributed by atoms with Gasteiger partial charge in [0.2, 0.25) is 10.0 Å². The maximum Gasteiger partial charge on any atom is 0.339 e. The lowest BCUT2D eigenvalue weighted by Crippen LogP contribution is -2.61. The number of sulfonamides is 1. The zero-order valence-electron chi connectivity index (χ0n) is 8.99. The highest BCUT2D eigenvalue weighted by molar-refractivity contribution is 7.89. The first-order chi connectivity index (χ1) is 6.77. The third-order valence-electron chi connectivity index (χ3n) is 2.04. The molecule has 1 unspecified atom stereocenters. The molecule has 0 saturated carbocycles. The van der Waals surface area contributed by atoms with Gasteiger partial charge in [-0.15, -0.1) is 0 Å². The summed E-state index contributed by atoms with van der Waals surface area (Å²) in [6.45, 7) is 3.36. The fourth-order valence-electron chi connectivity index (χ4n) is 0.930. The van der Waals surface area contributed by atoms with Crippen LogP contribution in [0.25, 0.3) is 0 Å². The van der Waals surface area contributed by atoms with Crippen LogP contribution in [-0.4, -0.2) is 30.9 Å². The van der Waals surface area contributed by atoms with Gasteiger partial charge in [-0.2, -0.15) is 4.72 Å². The molecule has 1 atom stereocenters. The van der Waals surface area contributed by atoms with Crippen LogP contribution in [0.15, 0.2) is 0 Å². The van der Waals surface area contributed by atoms with Crippen molar-refractivity contribution in [3.63, 3.8) is 0 Å². The quantitative estimate of drug-likeness (QED) is 0.535. The minimum Gasteiger partial charge on any atom is -0.479 e. The highest BCUT2D eigenvalue weighted by Gasteiger charge is 2.35. The van der Waals surface area contributed by atoms with E-state index in [-0.39, 0.29) is 12.2 Å². The van der Waals surface area contributed by atoms with E-state index in [1.165, 1.54) is 6.92 Å². The van der Waals surface area contributed by atoms with Gasteiger partial charge in [-0.05, 0) is 12.8 Å². The Hall–Kier alpha value is -0.660. The summed E-state index contributed by atoms with van der Waals surface area (Å²) in [6, 6.07) is 0. The van der Waals surface area contributed by atoms with E-state index in [9.17, 15) is 13.2 Å². The molecule has 0 fully saturated rings. The second-order valence-corrected chi connectivity index (χ2v) is 5.25. The first-order valence-electron chi connectivity index (χ1n) is 4.81. The summed E-state index contributed by atoms with van der Waals surface area (Å²) in [7, 11) is -3.61. The van der Waals surface area contributed by atoms with E-state index in [1.807, 2.05) is 11.6 Å². The monoisotopic (exact) mass is 238 g/mol. The van der Waals surface area contributed by atoms with Crippen LogP contribution >= 0.6 is 0 Å². The average molecular weight is 238 g/mol. The van der Waals surface area contributed by atoms with Crippen molar-refractivity contribution in [2.45, 2.75) is 38.8 Å². The number of carboxylic acids is 1. The van der Waals surface area contributed by atoms with E-state index in [0.29, 0.717) is 6.42 Å².